The SMILES string of the molecule is Cc1c(O)c2c(c(C)c1O[C@@H]1O[C@H](COC(=O)C[C@@](C)(O)CC(=O)O)[C@@H](O)[C@H](O)[C@H]1O)O[C@H](c1ccccc1)CC2=O. The maximum Gasteiger partial charge on any atom is 0.308 e. The summed E-state index contributed by atoms with van der Waals surface area (Å²) in [6.45, 7) is 3.59. The van der Waals surface area contributed by atoms with Gasteiger partial charge in [0.25, 0.3) is 0 Å². The fourth-order valence-electron chi connectivity index (χ4n) is 5.06. The van der Waals surface area contributed by atoms with Gasteiger partial charge < -0.3 is 49.6 Å². The van der Waals surface area contributed by atoms with Crippen LogP contribution in [0.1, 0.15) is 59.3 Å². The van der Waals surface area contributed by atoms with Gasteiger partial charge in [0.05, 0.1) is 24.9 Å². The van der Waals surface area contributed by atoms with E-state index in [1.807, 2.05) is 18.2 Å². The van der Waals surface area contributed by atoms with Crippen LogP contribution in [-0.4, -0.2) is 91.3 Å². The van der Waals surface area contributed by atoms with Gasteiger partial charge in [-0.25, -0.2) is 0 Å². The first-order chi connectivity index (χ1) is 19.7. The minimum absolute atomic E-state index is 0.000800. The van der Waals surface area contributed by atoms with Crippen LogP contribution in [0.2, 0.25) is 0 Å². The van der Waals surface area contributed by atoms with Crippen LogP contribution in [0.3, 0.4) is 0 Å². The number of esters is 1. The number of ketones is 1. The van der Waals surface area contributed by atoms with Gasteiger partial charge in [0.1, 0.15) is 59.9 Å². The summed E-state index contributed by atoms with van der Waals surface area (Å²) in [7, 11) is 0. The predicted molar refractivity (Wildman–Crippen MR) is 142 cm³/mol. The molecule has 4 rings (SSSR count). The number of fused-ring (bicyclic) bond motifs is 1. The van der Waals surface area contributed by atoms with Crippen molar-refractivity contribution >= 4 is 17.7 Å². The van der Waals surface area contributed by atoms with Gasteiger partial charge in [-0.05, 0) is 26.3 Å². The van der Waals surface area contributed by atoms with Crippen LogP contribution >= 0.6 is 0 Å². The average molecular weight is 591 g/mol. The van der Waals surface area contributed by atoms with Crippen LogP contribution in [0, 0.1) is 13.8 Å². The van der Waals surface area contributed by atoms with Crippen molar-refractivity contribution in [1.82, 2.24) is 0 Å². The topological polar surface area (TPSA) is 210 Å². The second-order valence-electron chi connectivity index (χ2n) is 10.8. The molecular formula is C29H34O13. The summed E-state index contributed by atoms with van der Waals surface area (Å²) in [6, 6.07) is 9.05. The van der Waals surface area contributed by atoms with E-state index in [2.05, 4.69) is 0 Å². The third kappa shape index (κ3) is 6.50. The van der Waals surface area contributed by atoms with Gasteiger partial charge in [-0.2, -0.15) is 0 Å². The van der Waals surface area contributed by atoms with Gasteiger partial charge >= 0.3 is 11.9 Å². The van der Waals surface area contributed by atoms with Gasteiger partial charge in [-0.15, -0.1) is 0 Å². The van der Waals surface area contributed by atoms with Crippen molar-refractivity contribution in [3.05, 3.63) is 52.6 Å². The fraction of sp³-hybridized carbons (Fsp3) is 0.483. The molecule has 0 aromatic heterocycles. The molecule has 1 saturated heterocycles. The van der Waals surface area contributed by atoms with E-state index in [-0.39, 0.29) is 40.6 Å². The summed E-state index contributed by atoms with van der Waals surface area (Å²) >= 11 is 0. The monoisotopic (exact) mass is 590 g/mol. The van der Waals surface area contributed by atoms with E-state index in [1.54, 1.807) is 19.1 Å². The van der Waals surface area contributed by atoms with Crippen molar-refractivity contribution in [3.8, 4) is 17.2 Å². The molecule has 13 nitrogen and oxygen atoms in total. The van der Waals surface area contributed by atoms with E-state index in [0.717, 1.165) is 12.5 Å². The lowest BCUT2D eigenvalue weighted by Crippen LogP contribution is -2.60. The van der Waals surface area contributed by atoms with Crippen molar-refractivity contribution in [2.75, 3.05) is 6.61 Å². The van der Waals surface area contributed by atoms with Crippen molar-refractivity contribution in [1.29, 1.82) is 0 Å². The van der Waals surface area contributed by atoms with E-state index in [1.165, 1.54) is 6.92 Å². The summed E-state index contributed by atoms with van der Waals surface area (Å²) < 4.78 is 22.7. The molecule has 0 spiro atoms. The third-order valence-corrected chi connectivity index (χ3v) is 7.29. The highest BCUT2D eigenvalue weighted by atomic mass is 16.7. The molecular weight excluding hydrogens is 556 g/mol. The Balaban J connectivity index is 1.54. The first-order valence-corrected chi connectivity index (χ1v) is 13.3. The van der Waals surface area contributed by atoms with Gasteiger partial charge in [0, 0.05) is 11.1 Å². The molecule has 0 unspecified atom stereocenters. The Morgan fingerprint density at radius 1 is 1.02 bits per heavy atom. The molecule has 2 aromatic carbocycles. The number of carboxylic acids is 1. The van der Waals surface area contributed by atoms with E-state index in [0.29, 0.717) is 5.56 Å². The van der Waals surface area contributed by atoms with Gasteiger partial charge in [-0.3, -0.25) is 14.4 Å². The normalized spacial score (nSPS) is 26.9. The molecule has 0 bridgehead atoms. The number of aliphatic hydroxyl groups is 4. The van der Waals surface area contributed by atoms with E-state index in [9.17, 15) is 39.9 Å². The van der Waals surface area contributed by atoms with Crippen LogP contribution in [0.4, 0.5) is 0 Å². The highest BCUT2D eigenvalue weighted by Gasteiger charge is 2.46. The lowest BCUT2D eigenvalue weighted by molar-refractivity contribution is -0.279. The van der Waals surface area contributed by atoms with Crippen molar-refractivity contribution in [2.24, 2.45) is 0 Å². The Morgan fingerprint density at radius 3 is 2.33 bits per heavy atom. The number of phenols is 1. The molecule has 228 valence electrons. The molecule has 0 radical (unpaired) electrons. The number of aliphatic carboxylic acids is 1. The van der Waals surface area contributed by atoms with E-state index < -0.39 is 73.8 Å². The van der Waals surface area contributed by atoms with Gasteiger partial charge in [-0.1, -0.05) is 30.3 Å². The number of rotatable bonds is 9. The molecule has 2 aromatic rings. The van der Waals surface area contributed by atoms with Crippen LogP contribution in [0.5, 0.6) is 17.2 Å². The number of hydrogen-bond acceptors (Lipinski definition) is 12. The molecule has 0 saturated carbocycles. The number of carbonyl (C=O) groups is 3. The number of aliphatic hydroxyl groups excluding tert-OH is 3. The zero-order chi connectivity index (χ0) is 30.9. The van der Waals surface area contributed by atoms with E-state index >= 15 is 0 Å². The number of carbonyl (C=O) groups excluding carboxylic acids is 2. The molecule has 0 amide bonds. The Kier molecular flexibility index (Phi) is 9.09. The second-order valence-corrected chi connectivity index (χ2v) is 10.8. The molecule has 2 heterocycles. The molecule has 2 aliphatic rings. The van der Waals surface area contributed by atoms with Gasteiger partial charge in [0.2, 0.25) is 6.29 Å². The zero-order valence-electron chi connectivity index (χ0n) is 23.2. The first-order valence-electron chi connectivity index (χ1n) is 13.3. The molecule has 7 atom stereocenters. The van der Waals surface area contributed by atoms with Crippen molar-refractivity contribution < 1.29 is 64.0 Å². The van der Waals surface area contributed by atoms with Crippen LogP contribution in [-0.2, 0) is 19.1 Å². The standard InChI is InChI=1S/C29H34O13/c1-13-22(34)21-16(30)9-17(15-7-5-4-6-8-15)40-27(21)14(2)26(13)42-28-25(37)24(36)23(35)18(41-28)12-39-20(33)11-29(3,38)10-19(31)32/h4-8,17-18,23-25,28,34-38H,9-12H2,1-3H3,(H,31,32)/t17-,18+,23+,24-,25+,28-,29-/m0/s1. The largest absolute Gasteiger partial charge is 0.507 e. The first kappa shape index (κ1) is 31.2. The maximum absolute atomic E-state index is 13.0. The number of phenolic OH excluding ortho intramolecular Hbond substituents is 1. The molecule has 2 aliphatic heterocycles. The Labute approximate surface area is 240 Å². The summed E-state index contributed by atoms with van der Waals surface area (Å²) in [4.78, 5) is 36.1. The number of aromatic hydroxyl groups is 1. The number of hydrogen-bond donors (Lipinski definition) is 6. The zero-order valence-corrected chi connectivity index (χ0v) is 23.2. The minimum atomic E-state index is -1.89. The number of ether oxygens (including phenoxy) is 4. The van der Waals surface area contributed by atoms with Gasteiger partial charge in [0.15, 0.2) is 5.78 Å². The van der Waals surface area contributed by atoms with Crippen LogP contribution < -0.4 is 9.47 Å². The highest BCUT2D eigenvalue weighted by Crippen LogP contribution is 2.48. The fourth-order valence-corrected chi connectivity index (χ4v) is 5.06. The quantitative estimate of drug-likeness (QED) is 0.226. The molecule has 6 N–H and O–H groups in total. The average Bonchev–Trinajstić information content (AvgIpc) is 2.92. The number of carboxylic acid groups (broad SMARTS) is 1. The second kappa shape index (κ2) is 12.2. The Morgan fingerprint density at radius 2 is 1.69 bits per heavy atom. The lowest BCUT2D eigenvalue weighted by atomic mass is 9.91. The third-order valence-electron chi connectivity index (χ3n) is 7.29. The summed E-state index contributed by atoms with van der Waals surface area (Å²) in [5.41, 5.74) is -0.684. The summed E-state index contributed by atoms with van der Waals surface area (Å²) in [5.74, 6) is -2.94. The van der Waals surface area contributed by atoms with E-state index in [4.69, 9.17) is 24.1 Å². The summed E-state index contributed by atoms with van der Waals surface area (Å²) in [6.07, 6.45) is -10.3. The Hall–Kier alpha value is -3.75. The molecule has 1 fully saturated rings. The molecule has 13 heteroatoms. The smallest absolute Gasteiger partial charge is 0.308 e. The molecule has 42 heavy (non-hydrogen) atoms. The highest BCUT2D eigenvalue weighted by molar-refractivity contribution is 6.03. The lowest BCUT2D eigenvalue weighted by Gasteiger charge is -2.40. The van der Waals surface area contributed by atoms with Crippen molar-refractivity contribution in [3.63, 3.8) is 0 Å². The maximum atomic E-state index is 13.0. The van der Waals surface area contributed by atoms with Crippen molar-refractivity contribution in [2.45, 2.75) is 82.4 Å². The summed E-state index contributed by atoms with van der Waals surface area (Å²) in [5, 5.41) is 61.4. The molecule has 0 aliphatic carbocycles. The minimum Gasteiger partial charge on any atom is -0.507 e. The predicted octanol–water partition coefficient (Wildman–Crippen LogP) is 1.06. The number of benzene rings is 2. The number of Topliss-reactive ketones (excluding diaryl/α,β-unsaturated/α-hetero) is 1. The Bertz CT molecular complexity index is 1340. The van der Waals surface area contributed by atoms with Crippen LogP contribution in [0.15, 0.2) is 30.3 Å². The van der Waals surface area contributed by atoms with Crippen LogP contribution in [0.25, 0.3) is 0 Å².